The number of hydrogen-bond acceptors (Lipinski definition) is 5. The molecule has 0 atom stereocenters. The number of carbonyl (C=O) groups is 1. The molecule has 0 aliphatic heterocycles. The lowest BCUT2D eigenvalue weighted by Crippen LogP contribution is -2.49. The highest BCUT2D eigenvalue weighted by Gasteiger charge is 2.20. The SMILES string of the molecule is Cc1ccc(S(=O)(=O)[O-])cc1.N[n+]1cc2ccccc2cc1C(=O)c1ccc(Cl)cc1. The molecule has 158 valence electrons. The Hall–Kier alpha value is -3.26. The molecule has 6 nitrogen and oxygen atoms in total. The van der Waals surface area contributed by atoms with Crippen LogP contribution in [-0.4, -0.2) is 18.8 Å². The van der Waals surface area contributed by atoms with Crippen molar-refractivity contribution in [1.82, 2.24) is 0 Å². The molecule has 0 amide bonds. The highest BCUT2D eigenvalue weighted by atomic mass is 35.5. The largest absolute Gasteiger partial charge is 0.744 e. The van der Waals surface area contributed by atoms with Crippen LogP contribution in [0, 0.1) is 6.92 Å². The number of hydrogen-bond donors (Lipinski definition) is 1. The summed E-state index contributed by atoms with van der Waals surface area (Å²) in [5.74, 6) is 5.79. The van der Waals surface area contributed by atoms with Crippen LogP contribution < -0.4 is 10.5 Å². The molecule has 8 heteroatoms. The van der Waals surface area contributed by atoms with Gasteiger partial charge in [0, 0.05) is 22.0 Å². The smallest absolute Gasteiger partial charge is 0.283 e. The zero-order valence-corrected chi connectivity index (χ0v) is 18.1. The number of nitrogens with zero attached hydrogens (tertiary/aromatic N) is 1. The molecule has 31 heavy (non-hydrogen) atoms. The maximum Gasteiger partial charge on any atom is 0.283 e. The van der Waals surface area contributed by atoms with Gasteiger partial charge >= 0.3 is 0 Å². The van der Waals surface area contributed by atoms with Crippen LogP contribution >= 0.6 is 11.6 Å². The summed E-state index contributed by atoms with van der Waals surface area (Å²) in [5, 5.41) is 2.56. The predicted molar refractivity (Wildman–Crippen MR) is 118 cm³/mol. The fourth-order valence-corrected chi connectivity index (χ4v) is 3.43. The van der Waals surface area contributed by atoms with Crippen molar-refractivity contribution in [3.8, 4) is 0 Å². The molecule has 0 aliphatic rings. The van der Waals surface area contributed by atoms with E-state index < -0.39 is 10.1 Å². The molecule has 3 aromatic carbocycles. The number of halogens is 1. The summed E-state index contributed by atoms with van der Waals surface area (Å²) < 4.78 is 32.5. The quantitative estimate of drug-likeness (QED) is 0.220. The number of benzene rings is 3. The molecule has 0 saturated carbocycles. The second-order valence-electron chi connectivity index (χ2n) is 6.80. The van der Waals surface area contributed by atoms with Gasteiger partial charge in [0.15, 0.2) is 0 Å². The molecule has 4 aromatic rings. The van der Waals surface area contributed by atoms with Gasteiger partial charge in [0.2, 0.25) is 6.20 Å². The van der Waals surface area contributed by atoms with E-state index >= 15 is 0 Å². The van der Waals surface area contributed by atoms with E-state index in [9.17, 15) is 17.8 Å². The Morgan fingerprint density at radius 1 is 0.935 bits per heavy atom. The summed E-state index contributed by atoms with van der Waals surface area (Å²) in [6.45, 7) is 1.82. The summed E-state index contributed by atoms with van der Waals surface area (Å²) in [7, 11) is -4.27. The number of fused-ring (bicyclic) bond motifs is 1. The Balaban J connectivity index is 0.000000210. The third kappa shape index (κ3) is 5.67. The lowest BCUT2D eigenvalue weighted by molar-refractivity contribution is -0.639. The van der Waals surface area contributed by atoms with Crippen molar-refractivity contribution in [3.63, 3.8) is 0 Å². The van der Waals surface area contributed by atoms with E-state index in [2.05, 4.69) is 0 Å². The molecule has 4 rings (SSSR count). The first-order valence-corrected chi connectivity index (χ1v) is 11.0. The Morgan fingerprint density at radius 3 is 2.10 bits per heavy atom. The first-order chi connectivity index (χ1) is 14.6. The van der Waals surface area contributed by atoms with Crippen LogP contribution in [0.3, 0.4) is 0 Å². The third-order valence-corrected chi connectivity index (χ3v) is 5.59. The van der Waals surface area contributed by atoms with Crippen molar-refractivity contribution in [2.45, 2.75) is 11.8 Å². The van der Waals surface area contributed by atoms with E-state index in [4.69, 9.17) is 17.4 Å². The highest BCUT2D eigenvalue weighted by Crippen LogP contribution is 2.16. The minimum Gasteiger partial charge on any atom is -0.744 e. The van der Waals surface area contributed by atoms with Crippen molar-refractivity contribution in [1.29, 1.82) is 0 Å². The molecule has 0 radical (unpaired) electrons. The number of nitrogen functional groups attached to an aromatic ring is 1. The molecule has 0 spiro atoms. The number of ketones is 1. The minimum absolute atomic E-state index is 0.130. The van der Waals surface area contributed by atoms with Gasteiger partial charge in [0.25, 0.3) is 11.5 Å². The van der Waals surface area contributed by atoms with E-state index in [-0.39, 0.29) is 10.7 Å². The number of aromatic nitrogens is 1. The van der Waals surface area contributed by atoms with Gasteiger partial charge in [-0.3, -0.25) is 4.79 Å². The summed E-state index contributed by atoms with van der Waals surface area (Å²) in [4.78, 5) is 12.3. The Kier molecular flexibility index (Phi) is 6.70. The normalized spacial score (nSPS) is 10.9. The number of pyridine rings is 1. The van der Waals surface area contributed by atoms with Gasteiger partial charge in [-0.25, -0.2) is 14.3 Å². The van der Waals surface area contributed by atoms with Gasteiger partial charge in [0.1, 0.15) is 10.1 Å². The predicted octanol–water partition coefficient (Wildman–Crippen LogP) is 3.62. The van der Waals surface area contributed by atoms with Gasteiger partial charge in [-0.05, 0) is 54.8 Å². The lowest BCUT2D eigenvalue weighted by atomic mass is 10.1. The van der Waals surface area contributed by atoms with Crippen molar-refractivity contribution < 1.29 is 22.4 Å². The van der Waals surface area contributed by atoms with E-state index in [1.165, 1.54) is 16.8 Å². The first kappa shape index (κ1) is 22.4. The van der Waals surface area contributed by atoms with Crippen molar-refractivity contribution >= 4 is 38.3 Å². The summed E-state index contributed by atoms with van der Waals surface area (Å²) in [5.41, 5.74) is 1.92. The van der Waals surface area contributed by atoms with Crippen molar-refractivity contribution in [2.75, 3.05) is 5.84 Å². The minimum atomic E-state index is -4.27. The van der Waals surface area contributed by atoms with Crippen LogP contribution in [0.4, 0.5) is 0 Å². The van der Waals surface area contributed by atoms with Gasteiger partial charge in [-0.1, -0.05) is 52.2 Å². The molecule has 0 unspecified atom stereocenters. The highest BCUT2D eigenvalue weighted by molar-refractivity contribution is 7.85. The molecule has 0 aliphatic carbocycles. The summed E-state index contributed by atoms with van der Waals surface area (Å²) in [6.07, 6.45) is 1.75. The topological polar surface area (TPSA) is 104 Å². The summed E-state index contributed by atoms with van der Waals surface area (Å²) >= 11 is 5.83. The zero-order valence-electron chi connectivity index (χ0n) is 16.5. The number of nitrogens with two attached hydrogens (primary N) is 1. The Morgan fingerprint density at radius 2 is 1.52 bits per heavy atom. The average molecular weight is 455 g/mol. The maximum atomic E-state index is 12.5. The monoisotopic (exact) mass is 454 g/mol. The van der Waals surface area contributed by atoms with Gasteiger partial charge < -0.3 is 4.55 Å². The second-order valence-corrected chi connectivity index (χ2v) is 8.61. The van der Waals surface area contributed by atoms with Crippen LogP contribution in [-0.2, 0) is 10.1 Å². The Labute approximate surface area is 185 Å². The number of rotatable bonds is 3. The molecular weight excluding hydrogens is 436 g/mol. The standard InChI is InChI=1S/C16H11ClN2O.C7H8O3S/c17-14-7-5-11(6-8-14)16(20)15-9-12-3-1-2-4-13(12)10-19(15)18;1-6-2-4-7(5-3-6)11(8,9)10/h1-10H,(H-,18,20);2-5H,1H3,(H,8,9,10). The van der Waals surface area contributed by atoms with Crippen LogP contribution in [0.25, 0.3) is 10.8 Å². The average Bonchev–Trinajstić information content (AvgIpc) is 2.73. The zero-order chi connectivity index (χ0) is 22.6. The molecule has 0 bridgehead atoms. The Bertz CT molecular complexity index is 1340. The fraction of sp³-hybridized carbons (Fsp3) is 0.0435. The van der Waals surface area contributed by atoms with Gasteiger partial charge in [0.05, 0.1) is 4.90 Å². The number of carbonyl (C=O) groups excluding carboxylic acids is 1. The third-order valence-electron chi connectivity index (χ3n) is 4.49. The molecule has 2 N–H and O–H groups in total. The van der Waals surface area contributed by atoms with E-state index in [0.717, 1.165) is 16.3 Å². The van der Waals surface area contributed by atoms with Crippen molar-refractivity contribution in [3.05, 3.63) is 107 Å². The number of aryl methyl sites for hydroxylation is 1. The van der Waals surface area contributed by atoms with Gasteiger partial charge in [-0.15, -0.1) is 0 Å². The molecule has 1 heterocycles. The van der Waals surface area contributed by atoms with Crippen LogP contribution in [0.2, 0.25) is 5.02 Å². The van der Waals surface area contributed by atoms with E-state index in [1.54, 1.807) is 48.7 Å². The van der Waals surface area contributed by atoms with E-state index in [0.29, 0.717) is 16.3 Å². The lowest BCUT2D eigenvalue weighted by Gasteiger charge is -2.05. The van der Waals surface area contributed by atoms with Crippen molar-refractivity contribution in [2.24, 2.45) is 0 Å². The van der Waals surface area contributed by atoms with Crippen LogP contribution in [0.15, 0.2) is 90.0 Å². The van der Waals surface area contributed by atoms with E-state index in [1.807, 2.05) is 31.2 Å². The fourth-order valence-electron chi connectivity index (χ4n) is 2.84. The van der Waals surface area contributed by atoms with Gasteiger partial charge in [-0.2, -0.15) is 0 Å². The maximum absolute atomic E-state index is 12.5. The second kappa shape index (κ2) is 9.26. The molecule has 1 aromatic heterocycles. The van der Waals surface area contributed by atoms with Crippen LogP contribution in [0.1, 0.15) is 21.6 Å². The first-order valence-electron chi connectivity index (χ1n) is 9.17. The molecular formula is C23H19ClN2O4S. The van der Waals surface area contributed by atoms with Crippen LogP contribution in [0.5, 0.6) is 0 Å². The molecule has 0 fully saturated rings. The molecule has 0 saturated heterocycles. The summed E-state index contributed by atoms with van der Waals surface area (Å²) in [6, 6.07) is 22.1.